The number of carbonyl (C=O) groups is 1. The van der Waals surface area contributed by atoms with E-state index in [1.807, 2.05) is 17.0 Å². The van der Waals surface area contributed by atoms with Crippen LogP contribution >= 0.6 is 0 Å². The molecule has 4 rings (SSSR count). The topological polar surface area (TPSA) is 63.7 Å². The van der Waals surface area contributed by atoms with Crippen molar-refractivity contribution in [2.45, 2.75) is 32.5 Å². The molecule has 2 aliphatic heterocycles. The van der Waals surface area contributed by atoms with Crippen LogP contribution in [0.4, 0.5) is 11.5 Å². The third kappa shape index (κ3) is 3.82. The molecule has 0 atom stereocenters. The zero-order chi connectivity index (χ0) is 18.9. The first kappa shape index (κ1) is 17.9. The maximum atomic E-state index is 12.8. The lowest BCUT2D eigenvalue weighted by Crippen LogP contribution is -2.47. The summed E-state index contributed by atoms with van der Waals surface area (Å²) in [6.45, 7) is 6.69. The number of aromatic nitrogens is 1. The number of piperidine rings is 1. The molecule has 142 valence electrons. The van der Waals surface area contributed by atoms with Crippen molar-refractivity contribution in [2.75, 3.05) is 31.6 Å². The number of nitrogens with zero attached hydrogens (tertiary/aromatic N) is 2. The molecule has 6 nitrogen and oxygen atoms in total. The number of carbonyl (C=O) groups excluding carboxylic acids is 1. The average molecular weight is 367 g/mol. The number of anilines is 2. The summed E-state index contributed by atoms with van der Waals surface area (Å²) in [6.07, 6.45) is 3.08. The van der Waals surface area contributed by atoms with E-state index in [-0.39, 0.29) is 5.91 Å². The summed E-state index contributed by atoms with van der Waals surface area (Å²) < 4.78 is 11.4. The molecular weight excluding hydrogens is 342 g/mol. The smallest absolute Gasteiger partial charge is 0.255 e. The zero-order valence-corrected chi connectivity index (χ0v) is 15.8. The van der Waals surface area contributed by atoms with Gasteiger partial charge in [0.2, 0.25) is 0 Å². The number of pyridine rings is 1. The van der Waals surface area contributed by atoms with Gasteiger partial charge < -0.3 is 19.7 Å². The Balaban J connectivity index is 1.40. The molecule has 27 heavy (non-hydrogen) atoms. The standard InChI is InChI=1S/C21H25N3O3/c1-15-3-4-16(2)18(13-15)23-19-6-5-17(14-22-19)20(25)24-9-7-21(8-10-24)26-11-12-27-21/h3-6,13-14H,7-12H2,1-2H3,(H,22,23). The van der Waals surface area contributed by atoms with Crippen LogP contribution in [0.5, 0.6) is 0 Å². The van der Waals surface area contributed by atoms with Crippen molar-refractivity contribution in [3.05, 3.63) is 53.2 Å². The lowest BCUT2D eigenvalue weighted by atomic mass is 10.0. The van der Waals surface area contributed by atoms with Gasteiger partial charge in [-0.2, -0.15) is 0 Å². The molecule has 2 aliphatic rings. The van der Waals surface area contributed by atoms with Gasteiger partial charge in [0.05, 0.1) is 18.8 Å². The number of likely N-dealkylation sites (tertiary alicyclic amines) is 1. The van der Waals surface area contributed by atoms with E-state index in [4.69, 9.17) is 9.47 Å². The first-order valence-electron chi connectivity index (χ1n) is 9.42. The van der Waals surface area contributed by atoms with E-state index in [1.54, 1.807) is 6.20 Å². The van der Waals surface area contributed by atoms with Gasteiger partial charge in [-0.3, -0.25) is 4.79 Å². The van der Waals surface area contributed by atoms with Crippen LogP contribution in [0.3, 0.4) is 0 Å². The number of hydrogen-bond acceptors (Lipinski definition) is 5. The highest BCUT2D eigenvalue weighted by atomic mass is 16.7. The van der Waals surface area contributed by atoms with Crippen LogP contribution in [0.1, 0.15) is 34.3 Å². The molecule has 1 aromatic heterocycles. The van der Waals surface area contributed by atoms with Crippen molar-refractivity contribution in [2.24, 2.45) is 0 Å². The van der Waals surface area contributed by atoms with Crippen LogP contribution in [0.2, 0.25) is 0 Å². The van der Waals surface area contributed by atoms with Crippen LogP contribution in [-0.2, 0) is 9.47 Å². The fraction of sp³-hybridized carbons (Fsp3) is 0.429. The number of amides is 1. The van der Waals surface area contributed by atoms with Gasteiger partial charge >= 0.3 is 0 Å². The number of aryl methyl sites for hydroxylation is 2. The zero-order valence-electron chi connectivity index (χ0n) is 15.8. The van der Waals surface area contributed by atoms with Crippen LogP contribution in [0.15, 0.2) is 36.5 Å². The van der Waals surface area contributed by atoms with E-state index in [1.165, 1.54) is 5.56 Å². The van der Waals surface area contributed by atoms with Crippen molar-refractivity contribution in [1.29, 1.82) is 0 Å². The SMILES string of the molecule is Cc1ccc(C)c(Nc2ccc(C(=O)N3CCC4(CC3)OCCO4)cn2)c1. The third-order valence-corrected chi connectivity index (χ3v) is 5.29. The normalized spacial score (nSPS) is 18.7. The van der Waals surface area contributed by atoms with E-state index in [2.05, 4.69) is 42.3 Å². The van der Waals surface area contributed by atoms with Gasteiger partial charge in [0.1, 0.15) is 5.82 Å². The minimum absolute atomic E-state index is 0.00799. The van der Waals surface area contributed by atoms with Crippen molar-refractivity contribution in [3.63, 3.8) is 0 Å². The highest BCUT2D eigenvalue weighted by molar-refractivity contribution is 5.94. The summed E-state index contributed by atoms with van der Waals surface area (Å²) in [7, 11) is 0. The number of ether oxygens (including phenoxy) is 2. The van der Waals surface area contributed by atoms with Gasteiger partial charge in [-0.1, -0.05) is 12.1 Å². The van der Waals surface area contributed by atoms with Gasteiger partial charge in [0.15, 0.2) is 5.79 Å². The van der Waals surface area contributed by atoms with Crippen molar-refractivity contribution in [3.8, 4) is 0 Å². The Morgan fingerprint density at radius 3 is 2.52 bits per heavy atom. The highest BCUT2D eigenvalue weighted by Crippen LogP contribution is 2.31. The van der Waals surface area contributed by atoms with Gasteiger partial charge in [0, 0.05) is 37.8 Å². The van der Waals surface area contributed by atoms with Crippen molar-refractivity contribution < 1.29 is 14.3 Å². The second-order valence-electron chi connectivity index (χ2n) is 7.28. The lowest BCUT2D eigenvalue weighted by molar-refractivity contribution is -0.181. The minimum atomic E-state index is -0.464. The molecule has 6 heteroatoms. The fourth-order valence-electron chi connectivity index (χ4n) is 3.62. The Morgan fingerprint density at radius 1 is 1.11 bits per heavy atom. The largest absolute Gasteiger partial charge is 0.347 e. The second-order valence-corrected chi connectivity index (χ2v) is 7.28. The van der Waals surface area contributed by atoms with Crippen molar-refractivity contribution >= 4 is 17.4 Å². The van der Waals surface area contributed by atoms with Crippen LogP contribution < -0.4 is 5.32 Å². The number of rotatable bonds is 3. The Hall–Kier alpha value is -2.44. The predicted octanol–water partition coefficient (Wildman–Crippen LogP) is 3.42. The highest BCUT2D eigenvalue weighted by Gasteiger charge is 2.40. The summed E-state index contributed by atoms with van der Waals surface area (Å²) in [5.74, 6) is 0.272. The molecule has 1 N–H and O–H groups in total. The van der Waals surface area contributed by atoms with E-state index in [0.717, 1.165) is 29.9 Å². The minimum Gasteiger partial charge on any atom is -0.347 e. The Bertz CT molecular complexity index is 819. The summed E-state index contributed by atoms with van der Waals surface area (Å²) >= 11 is 0. The number of nitrogens with one attached hydrogen (secondary N) is 1. The molecule has 2 saturated heterocycles. The average Bonchev–Trinajstić information content (AvgIpc) is 3.13. The van der Waals surface area contributed by atoms with E-state index in [0.29, 0.717) is 31.9 Å². The van der Waals surface area contributed by atoms with E-state index >= 15 is 0 Å². The van der Waals surface area contributed by atoms with Crippen molar-refractivity contribution in [1.82, 2.24) is 9.88 Å². The Labute approximate surface area is 159 Å². The number of hydrogen-bond donors (Lipinski definition) is 1. The maximum absolute atomic E-state index is 12.8. The molecule has 0 radical (unpaired) electrons. The third-order valence-electron chi connectivity index (χ3n) is 5.29. The first-order chi connectivity index (χ1) is 13.0. The van der Waals surface area contributed by atoms with E-state index in [9.17, 15) is 4.79 Å². The number of benzene rings is 1. The van der Waals surface area contributed by atoms with Gasteiger partial charge in [-0.25, -0.2) is 4.98 Å². The molecule has 3 heterocycles. The molecule has 1 spiro atoms. The lowest BCUT2D eigenvalue weighted by Gasteiger charge is -2.37. The van der Waals surface area contributed by atoms with Crippen LogP contribution in [0, 0.1) is 13.8 Å². The maximum Gasteiger partial charge on any atom is 0.255 e. The predicted molar refractivity (Wildman–Crippen MR) is 103 cm³/mol. The second kappa shape index (κ2) is 7.29. The van der Waals surface area contributed by atoms with Crippen LogP contribution in [-0.4, -0.2) is 47.9 Å². The van der Waals surface area contributed by atoms with Gasteiger partial charge in [-0.05, 0) is 43.2 Å². The Morgan fingerprint density at radius 2 is 1.85 bits per heavy atom. The monoisotopic (exact) mass is 367 g/mol. The molecule has 2 fully saturated rings. The first-order valence-corrected chi connectivity index (χ1v) is 9.42. The summed E-state index contributed by atoms with van der Waals surface area (Å²) in [5.41, 5.74) is 3.97. The fourth-order valence-corrected chi connectivity index (χ4v) is 3.62. The van der Waals surface area contributed by atoms with Gasteiger partial charge in [0.25, 0.3) is 5.91 Å². The molecule has 1 aromatic carbocycles. The molecule has 0 unspecified atom stereocenters. The van der Waals surface area contributed by atoms with E-state index < -0.39 is 5.79 Å². The molecule has 0 bridgehead atoms. The molecular formula is C21H25N3O3. The quantitative estimate of drug-likeness (QED) is 0.901. The molecule has 1 amide bonds. The molecule has 2 aromatic rings. The summed E-state index contributed by atoms with van der Waals surface area (Å²) in [5, 5.41) is 3.32. The van der Waals surface area contributed by atoms with Crippen LogP contribution in [0.25, 0.3) is 0 Å². The Kier molecular flexibility index (Phi) is 4.85. The van der Waals surface area contributed by atoms with Gasteiger partial charge in [-0.15, -0.1) is 0 Å². The summed E-state index contributed by atoms with van der Waals surface area (Å²) in [4.78, 5) is 19.0. The molecule has 0 saturated carbocycles. The summed E-state index contributed by atoms with van der Waals surface area (Å²) in [6, 6.07) is 9.93. The molecule has 0 aliphatic carbocycles.